The highest BCUT2D eigenvalue weighted by Gasteiger charge is 2.12. The summed E-state index contributed by atoms with van der Waals surface area (Å²) < 4.78 is 1.81. The number of nitrogens with zero attached hydrogens (tertiary/aromatic N) is 3. The molecular formula is C14H18N4OS. The Balaban J connectivity index is 2.34. The zero-order valence-electron chi connectivity index (χ0n) is 12.0. The first kappa shape index (κ1) is 14.5. The topological polar surface area (TPSA) is 64.2 Å². The van der Waals surface area contributed by atoms with Crippen LogP contribution in [0.2, 0.25) is 0 Å². The smallest absolute Gasteiger partial charge is 0.253 e. The number of amides is 1. The summed E-state index contributed by atoms with van der Waals surface area (Å²) in [6.07, 6.45) is 0. The number of aryl methyl sites for hydroxylation is 2. The normalized spacial score (nSPS) is 10.6. The first-order valence-corrected chi connectivity index (χ1v) is 7.00. The van der Waals surface area contributed by atoms with Gasteiger partial charge in [0, 0.05) is 37.3 Å². The summed E-state index contributed by atoms with van der Waals surface area (Å²) in [6, 6.07) is 7.33. The summed E-state index contributed by atoms with van der Waals surface area (Å²) in [5.74, 6) is -0.0342. The second-order valence-electron chi connectivity index (χ2n) is 4.80. The predicted octanol–water partition coefficient (Wildman–Crippen LogP) is 2.16. The molecule has 2 N–H and O–H groups in total. The van der Waals surface area contributed by atoms with Crippen molar-refractivity contribution in [2.24, 2.45) is 7.05 Å². The average molecular weight is 290 g/mol. The first-order valence-electron chi connectivity index (χ1n) is 6.18. The van der Waals surface area contributed by atoms with Gasteiger partial charge in [0.2, 0.25) is 0 Å². The van der Waals surface area contributed by atoms with Gasteiger partial charge in [-0.05, 0) is 31.2 Å². The predicted molar refractivity (Wildman–Crippen MR) is 80.9 cm³/mol. The van der Waals surface area contributed by atoms with Crippen molar-refractivity contribution in [3.05, 3.63) is 35.5 Å². The van der Waals surface area contributed by atoms with Crippen molar-refractivity contribution in [2.45, 2.75) is 16.8 Å². The number of nitrogens with two attached hydrogens (primary N) is 1. The van der Waals surface area contributed by atoms with Crippen LogP contribution in [0.4, 0.5) is 5.69 Å². The molecule has 0 aliphatic heterocycles. The van der Waals surface area contributed by atoms with Crippen molar-refractivity contribution < 1.29 is 4.79 Å². The third-order valence-corrected chi connectivity index (χ3v) is 4.00. The zero-order valence-corrected chi connectivity index (χ0v) is 12.9. The summed E-state index contributed by atoms with van der Waals surface area (Å²) in [5.41, 5.74) is 8.23. The van der Waals surface area contributed by atoms with Crippen LogP contribution in [-0.2, 0) is 7.05 Å². The molecule has 0 saturated carbocycles. The molecule has 0 unspecified atom stereocenters. The number of carbonyl (C=O) groups excluding carboxylic acids is 1. The fourth-order valence-corrected chi connectivity index (χ4v) is 2.81. The van der Waals surface area contributed by atoms with Crippen LogP contribution in [-0.4, -0.2) is 34.7 Å². The van der Waals surface area contributed by atoms with Crippen molar-refractivity contribution in [2.75, 3.05) is 19.8 Å². The first-order chi connectivity index (χ1) is 9.38. The molecule has 1 aromatic heterocycles. The molecule has 20 heavy (non-hydrogen) atoms. The maximum atomic E-state index is 12.0. The molecule has 1 amide bonds. The molecule has 2 rings (SSSR count). The minimum absolute atomic E-state index is 0.0342. The molecule has 6 heteroatoms. The lowest BCUT2D eigenvalue weighted by atomic mass is 10.2. The maximum absolute atomic E-state index is 12.0. The number of anilines is 1. The monoisotopic (exact) mass is 290 g/mol. The number of benzene rings is 1. The number of carbonyl (C=O) groups is 1. The Morgan fingerprint density at radius 3 is 2.60 bits per heavy atom. The lowest BCUT2D eigenvalue weighted by Crippen LogP contribution is -2.21. The molecule has 0 aliphatic rings. The lowest BCUT2D eigenvalue weighted by molar-refractivity contribution is 0.0827. The second-order valence-corrected chi connectivity index (χ2v) is 5.86. The summed E-state index contributed by atoms with van der Waals surface area (Å²) in [6.45, 7) is 1.94. The van der Waals surface area contributed by atoms with Gasteiger partial charge >= 0.3 is 0 Å². The van der Waals surface area contributed by atoms with Gasteiger partial charge in [-0.25, -0.2) is 0 Å². The fourth-order valence-electron chi connectivity index (χ4n) is 1.81. The number of rotatable bonds is 3. The highest BCUT2D eigenvalue weighted by atomic mass is 32.2. The molecule has 0 aliphatic carbocycles. The quantitative estimate of drug-likeness (QED) is 0.880. The van der Waals surface area contributed by atoms with E-state index in [1.165, 1.54) is 11.8 Å². The molecule has 1 heterocycles. The van der Waals surface area contributed by atoms with E-state index in [1.807, 2.05) is 26.1 Å². The number of nitrogen functional groups attached to an aromatic ring is 1. The van der Waals surface area contributed by atoms with Crippen molar-refractivity contribution in [3.63, 3.8) is 0 Å². The third kappa shape index (κ3) is 2.96. The SMILES string of the molecule is Cc1cc(Sc2cc(C(=O)N(C)C)ccc2N)n(C)n1. The van der Waals surface area contributed by atoms with Crippen LogP contribution in [0.5, 0.6) is 0 Å². The van der Waals surface area contributed by atoms with E-state index in [4.69, 9.17) is 5.73 Å². The fraction of sp³-hybridized carbons (Fsp3) is 0.286. The van der Waals surface area contributed by atoms with E-state index >= 15 is 0 Å². The molecule has 2 aromatic rings. The Morgan fingerprint density at radius 2 is 2.05 bits per heavy atom. The van der Waals surface area contributed by atoms with Gasteiger partial charge in [0.05, 0.1) is 10.7 Å². The highest BCUT2D eigenvalue weighted by Crippen LogP contribution is 2.33. The Labute approximate surface area is 122 Å². The third-order valence-electron chi connectivity index (χ3n) is 2.84. The van der Waals surface area contributed by atoms with Crippen LogP contribution in [0.3, 0.4) is 0 Å². The lowest BCUT2D eigenvalue weighted by Gasteiger charge is -2.12. The van der Waals surface area contributed by atoms with Gasteiger partial charge in [0.25, 0.3) is 5.91 Å². The van der Waals surface area contributed by atoms with E-state index in [0.717, 1.165) is 15.6 Å². The average Bonchev–Trinajstić information content (AvgIpc) is 2.69. The summed E-state index contributed by atoms with van der Waals surface area (Å²) in [5, 5.41) is 5.29. The van der Waals surface area contributed by atoms with Crippen LogP contribution >= 0.6 is 11.8 Å². The van der Waals surface area contributed by atoms with Crippen molar-refractivity contribution >= 4 is 23.4 Å². The summed E-state index contributed by atoms with van der Waals surface area (Å²) >= 11 is 1.51. The molecular weight excluding hydrogens is 272 g/mol. The largest absolute Gasteiger partial charge is 0.398 e. The van der Waals surface area contributed by atoms with E-state index in [1.54, 1.807) is 35.8 Å². The number of hydrogen-bond donors (Lipinski definition) is 1. The Hall–Kier alpha value is -1.95. The maximum Gasteiger partial charge on any atom is 0.253 e. The van der Waals surface area contributed by atoms with Gasteiger partial charge in [0.15, 0.2) is 0 Å². The Kier molecular flexibility index (Phi) is 4.04. The van der Waals surface area contributed by atoms with Gasteiger partial charge in [-0.3, -0.25) is 9.48 Å². The molecule has 0 atom stereocenters. The minimum atomic E-state index is -0.0342. The Bertz CT molecular complexity index is 649. The molecule has 0 saturated heterocycles. The van der Waals surface area contributed by atoms with Crippen molar-refractivity contribution in [1.82, 2.24) is 14.7 Å². The van der Waals surface area contributed by atoms with E-state index < -0.39 is 0 Å². The Morgan fingerprint density at radius 1 is 1.35 bits per heavy atom. The molecule has 0 radical (unpaired) electrons. The number of aromatic nitrogens is 2. The van der Waals surface area contributed by atoms with Crippen LogP contribution in [0, 0.1) is 6.92 Å². The molecule has 106 valence electrons. The van der Waals surface area contributed by atoms with Crippen LogP contribution < -0.4 is 5.73 Å². The van der Waals surface area contributed by atoms with Gasteiger partial charge < -0.3 is 10.6 Å². The van der Waals surface area contributed by atoms with Gasteiger partial charge in [-0.15, -0.1) is 0 Å². The van der Waals surface area contributed by atoms with Crippen LogP contribution in [0.1, 0.15) is 16.1 Å². The molecule has 1 aromatic carbocycles. The van der Waals surface area contributed by atoms with E-state index in [0.29, 0.717) is 11.3 Å². The van der Waals surface area contributed by atoms with Crippen LogP contribution in [0.25, 0.3) is 0 Å². The summed E-state index contributed by atoms with van der Waals surface area (Å²) in [4.78, 5) is 14.4. The second kappa shape index (κ2) is 5.58. The van der Waals surface area contributed by atoms with E-state index in [9.17, 15) is 4.79 Å². The molecule has 0 bridgehead atoms. The van der Waals surface area contributed by atoms with E-state index in [2.05, 4.69) is 5.10 Å². The molecule has 0 spiro atoms. The van der Waals surface area contributed by atoms with Gasteiger partial charge in [-0.2, -0.15) is 5.10 Å². The summed E-state index contributed by atoms with van der Waals surface area (Å²) in [7, 11) is 5.35. The standard InChI is InChI=1S/C14H18N4OS/c1-9-7-13(18(4)16-9)20-12-8-10(5-6-11(12)15)14(19)17(2)3/h5-8H,15H2,1-4H3. The number of hydrogen-bond acceptors (Lipinski definition) is 4. The van der Waals surface area contributed by atoms with Crippen LogP contribution in [0.15, 0.2) is 34.2 Å². The minimum Gasteiger partial charge on any atom is -0.398 e. The van der Waals surface area contributed by atoms with Gasteiger partial charge in [-0.1, -0.05) is 11.8 Å². The van der Waals surface area contributed by atoms with Crippen molar-refractivity contribution in [1.29, 1.82) is 0 Å². The highest BCUT2D eigenvalue weighted by molar-refractivity contribution is 7.99. The van der Waals surface area contributed by atoms with E-state index in [-0.39, 0.29) is 5.91 Å². The zero-order chi connectivity index (χ0) is 14.9. The molecule has 0 fully saturated rings. The van der Waals surface area contributed by atoms with Gasteiger partial charge in [0.1, 0.15) is 0 Å². The molecule has 5 nitrogen and oxygen atoms in total. The van der Waals surface area contributed by atoms with Crippen molar-refractivity contribution in [3.8, 4) is 0 Å².